The van der Waals surface area contributed by atoms with E-state index in [0.29, 0.717) is 24.5 Å². The van der Waals surface area contributed by atoms with E-state index in [9.17, 15) is 26.4 Å². The van der Waals surface area contributed by atoms with Crippen molar-refractivity contribution >= 4 is 33.1 Å². The minimum absolute atomic E-state index is 0.176. The van der Waals surface area contributed by atoms with Gasteiger partial charge < -0.3 is 16.0 Å². The van der Waals surface area contributed by atoms with Gasteiger partial charge >= 0.3 is 6.18 Å². The van der Waals surface area contributed by atoms with Crippen LogP contribution in [0.2, 0.25) is 0 Å². The zero-order valence-corrected chi connectivity index (χ0v) is 20.0. The molecule has 3 aliphatic rings. The molecule has 2 fully saturated rings. The van der Waals surface area contributed by atoms with E-state index in [2.05, 4.69) is 20.2 Å². The number of sulfone groups is 1. The van der Waals surface area contributed by atoms with Gasteiger partial charge in [-0.15, -0.1) is 0 Å². The molecule has 1 aromatic heterocycles. The van der Waals surface area contributed by atoms with Crippen LogP contribution in [-0.4, -0.2) is 65.1 Å². The number of hydrogen-bond donors (Lipinski definition) is 2. The van der Waals surface area contributed by atoms with Crippen LogP contribution >= 0.6 is 11.8 Å². The highest BCUT2D eigenvalue weighted by Crippen LogP contribution is 2.50. The number of hydrogen-bond acceptors (Lipinski definition) is 8. The van der Waals surface area contributed by atoms with Gasteiger partial charge in [-0.05, 0) is 31.9 Å². The van der Waals surface area contributed by atoms with Gasteiger partial charge in [-0.2, -0.15) is 13.2 Å². The Morgan fingerprint density at radius 2 is 2.00 bits per heavy atom. The third-order valence-electron chi connectivity index (χ3n) is 6.02. The van der Waals surface area contributed by atoms with Crippen molar-refractivity contribution in [3.8, 4) is 0 Å². The molecule has 0 bridgehead atoms. The van der Waals surface area contributed by atoms with Gasteiger partial charge in [0.2, 0.25) is 0 Å². The number of carbonyl (C=O) groups is 1. The second kappa shape index (κ2) is 9.00. The molecule has 4 rings (SSSR count). The van der Waals surface area contributed by atoms with Gasteiger partial charge in [0.15, 0.2) is 15.7 Å². The van der Waals surface area contributed by atoms with Crippen LogP contribution in [0.15, 0.2) is 40.7 Å². The molecule has 184 valence electrons. The molecule has 3 heterocycles. The van der Waals surface area contributed by atoms with E-state index in [4.69, 9.17) is 5.73 Å². The smallest absolute Gasteiger partial charge is 0.365 e. The first-order chi connectivity index (χ1) is 15.9. The number of alkyl halides is 3. The van der Waals surface area contributed by atoms with Gasteiger partial charge in [-0.1, -0.05) is 23.4 Å². The standard InChI is InChI=1S/C21H24F3N5O3S2/c1-20-12-13(5-7-29-8-10-34(31,32)11-9-29)2-3-14(20)28-19(33-20)16(17(25)30)18-26-6-4-15(27-18)21(22,23)24/h2-4,6,28H,5,7-12H2,1H3,(H2,25,30)/b19-16-. The third-order valence-corrected chi connectivity index (χ3v) is 8.96. The fourth-order valence-electron chi connectivity index (χ4n) is 4.12. The quantitative estimate of drug-likeness (QED) is 0.573. The van der Waals surface area contributed by atoms with Crippen LogP contribution in [0.4, 0.5) is 13.2 Å². The number of amides is 1. The number of nitrogens with zero attached hydrogens (tertiary/aromatic N) is 3. The summed E-state index contributed by atoms with van der Waals surface area (Å²) in [4.78, 5) is 21.7. The largest absolute Gasteiger partial charge is 0.433 e. The molecule has 2 saturated heterocycles. The summed E-state index contributed by atoms with van der Waals surface area (Å²) >= 11 is 1.31. The average molecular weight is 516 g/mol. The van der Waals surface area contributed by atoms with Gasteiger partial charge in [0, 0.05) is 31.5 Å². The van der Waals surface area contributed by atoms with Gasteiger partial charge in [-0.25, -0.2) is 18.4 Å². The van der Waals surface area contributed by atoms with Crippen molar-refractivity contribution in [3.63, 3.8) is 0 Å². The van der Waals surface area contributed by atoms with E-state index in [0.717, 1.165) is 36.5 Å². The van der Waals surface area contributed by atoms with Crippen LogP contribution in [0.1, 0.15) is 31.3 Å². The maximum absolute atomic E-state index is 13.1. The lowest BCUT2D eigenvalue weighted by Crippen LogP contribution is -2.40. The first-order valence-corrected chi connectivity index (χ1v) is 13.2. The SMILES string of the molecule is CC12CC(CCN3CCS(=O)(=O)CC3)=CC=C1N/C(=C(\C(N)=O)c1nccc(C(F)(F)F)n1)S2. The number of primary amides is 1. The molecule has 1 amide bonds. The average Bonchev–Trinajstić information content (AvgIpc) is 3.08. The minimum Gasteiger partial charge on any atom is -0.365 e. The van der Waals surface area contributed by atoms with Crippen molar-refractivity contribution in [1.29, 1.82) is 0 Å². The number of aromatic nitrogens is 2. The molecule has 0 radical (unpaired) electrons. The summed E-state index contributed by atoms with van der Waals surface area (Å²) in [5.41, 5.74) is 6.15. The van der Waals surface area contributed by atoms with Crippen LogP contribution in [-0.2, 0) is 20.8 Å². The predicted molar refractivity (Wildman–Crippen MR) is 123 cm³/mol. The molecule has 0 spiro atoms. The Labute approximate surface area is 199 Å². The Balaban J connectivity index is 1.50. The summed E-state index contributed by atoms with van der Waals surface area (Å²) in [7, 11) is -2.93. The lowest BCUT2D eigenvalue weighted by Gasteiger charge is -2.30. The number of thioether (sulfide) groups is 1. The number of nitrogens with two attached hydrogens (primary N) is 1. The number of allylic oxidation sites excluding steroid dienone is 2. The molecule has 3 N–H and O–H groups in total. The predicted octanol–water partition coefficient (Wildman–Crippen LogP) is 2.08. The Morgan fingerprint density at radius 1 is 1.29 bits per heavy atom. The summed E-state index contributed by atoms with van der Waals surface area (Å²) < 4.78 is 62.1. The summed E-state index contributed by atoms with van der Waals surface area (Å²) in [6.07, 6.45) is 1.57. The number of rotatable bonds is 5. The van der Waals surface area contributed by atoms with Crippen molar-refractivity contribution in [2.75, 3.05) is 31.1 Å². The molecular formula is C21H24F3N5O3S2. The van der Waals surface area contributed by atoms with E-state index in [1.807, 2.05) is 19.1 Å². The summed E-state index contributed by atoms with van der Waals surface area (Å²) in [6, 6.07) is 0.736. The van der Waals surface area contributed by atoms with E-state index in [-0.39, 0.29) is 22.9 Å². The highest BCUT2D eigenvalue weighted by Gasteiger charge is 2.42. The lowest BCUT2D eigenvalue weighted by atomic mass is 9.90. The molecule has 1 atom stereocenters. The second-order valence-corrected chi connectivity index (χ2v) is 12.4. The van der Waals surface area contributed by atoms with Crippen molar-refractivity contribution in [3.05, 3.63) is 52.2 Å². The molecule has 8 nitrogen and oxygen atoms in total. The number of fused-ring (bicyclic) bond motifs is 1. The summed E-state index contributed by atoms with van der Waals surface area (Å²) in [5.74, 6) is -0.955. The van der Waals surface area contributed by atoms with Gasteiger partial charge in [0.25, 0.3) is 5.91 Å². The third kappa shape index (κ3) is 5.31. The zero-order chi connectivity index (χ0) is 24.7. The Hall–Kier alpha value is -2.38. The van der Waals surface area contributed by atoms with Crippen molar-refractivity contribution in [1.82, 2.24) is 20.2 Å². The van der Waals surface area contributed by atoms with Gasteiger partial charge in [0.05, 0.1) is 21.3 Å². The molecular weight excluding hydrogens is 491 g/mol. The van der Waals surface area contributed by atoms with Crippen LogP contribution in [0.3, 0.4) is 0 Å². The van der Waals surface area contributed by atoms with Gasteiger partial charge in [-0.3, -0.25) is 4.79 Å². The highest BCUT2D eigenvalue weighted by atomic mass is 32.2. The maximum Gasteiger partial charge on any atom is 0.433 e. The Kier molecular flexibility index (Phi) is 6.55. The fraction of sp³-hybridized carbons (Fsp3) is 0.476. The second-order valence-electron chi connectivity index (χ2n) is 8.62. The Morgan fingerprint density at radius 3 is 2.65 bits per heavy atom. The maximum atomic E-state index is 13.1. The summed E-state index contributed by atoms with van der Waals surface area (Å²) in [6.45, 7) is 3.77. The molecule has 0 aromatic carbocycles. The number of carbonyl (C=O) groups excluding carboxylic acids is 1. The van der Waals surface area contributed by atoms with Crippen molar-refractivity contribution < 1.29 is 26.4 Å². The summed E-state index contributed by atoms with van der Waals surface area (Å²) in [5, 5.41) is 3.44. The topological polar surface area (TPSA) is 118 Å². The molecule has 0 saturated carbocycles. The van der Waals surface area contributed by atoms with Crippen LogP contribution < -0.4 is 11.1 Å². The van der Waals surface area contributed by atoms with Crippen molar-refractivity contribution in [2.24, 2.45) is 5.73 Å². The number of nitrogens with one attached hydrogen (secondary N) is 1. The molecule has 13 heteroatoms. The van der Waals surface area contributed by atoms with E-state index in [1.165, 1.54) is 11.8 Å². The van der Waals surface area contributed by atoms with E-state index < -0.39 is 32.4 Å². The van der Waals surface area contributed by atoms with Crippen LogP contribution in [0.25, 0.3) is 5.57 Å². The van der Waals surface area contributed by atoms with Crippen LogP contribution in [0, 0.1) is 0 Å². The number of halogens is 3. The first-order valence-electron chi connectivity index (χ1n) is 10.6. The lowest BCUT2D eigenvalue weighted by molar-refractivity contribution is -0.141. The Bertz CT molecular complexity index is 1200. The van der Waals surface area contributed by atoms with Crippen LogP contribution in [0.5, 0.6) is 0 Å². The zero-order valence-electron chi connectivity index (χ0n) is 18.4. The van der Waals surface area contributed by atoms with Gasteiger partial charge in [0.1, 0.15) is 11.3 Å². The molecule has 1 unspecified atom stereocenters. The van der Waals surface area contributed by atoms with E-state index in [1.54, 1.807) is 0 Å². The van der Waals surface area contributed by atoms with Crippen molar-refractivity contribution in [2.45, 2.75) is 30.7 Å². The first kappa shape index (κ1) is 24.7. The molecule has 2 aliphatic heterocycles. The normalized spacial score (nSPS) is 26.2. The minimum atomic E-state index is -4.68. The molecule has 1 aliphatic carbocycles. The fourth-order valence-corrected chi connectivity index (χ4v) is 6.79. The molecule has 1 aromatic rings. The molecule has 34 heavy (non-hydrogen) atoms. The monoisotopic (exact) mass is 515 g/mol. The van der Waals surface area contributed by atoms with E-state index >= 15 is 0 Å². The highest BCUT2D eigenvalue weighted by molar-refractivity contribution is 8.05.